The highest BCUT2D eigenvalue weighted by atomic mass is 32.2. The number of aryl methyl sites for hydroxylation is 2. The Morgan fingerprint density at radius 2 is 2.24 bits per heavy atom. The Morgan fingerprint density at radius 3 is 2.71 bits per heavy atom. The van der Waals surface area contributed by atoms with Crippen LogP contribution >= 0.6 is 0 Å². The number of rotatable bonds is 6. The summed E-state index contributed by atoms with van der Waals surface area (Å²) in [5.74, 6) is -2.33. The minimum Gasteiger partial charge on any atom is -0.481 e. The summed E-state index contributed by atoms with van der Waals surface area (Å²) in [4.78, 5) is 10.6. The van der Waals surface area contributed by atoms with Crippen LogP contribution < -0.4 is 0 Å². The topological polar surface area (TPSA) is 89.3 Å². The number of hydrogen-bond donors (Lipinski definition) is 1. The molecular formula is C10H16N2O4S. The molecular weight excluding hydrogens is 244 g/mol. The normalized spacial score (nSPS) is 13.5. The average molecular weight is 260 g/mol. The Bertz CT molecular complexity index is 492. The Hall–Kier alpha value is -1.37. The molecule has 1 N–H and O–H groups in total. The van der Waals surface area contributed by atoms with E-state index in [1.165, 1.54) is 6.92 Å². The first-order chi connectivity index (χ1) is 7.82. The average Bonchev–Trinajstić information content (AvgIpc) is 2.60. The Balaban J connectivity index is 2.56. The summed E-state index contributed by atoms with van der Waals surface area (Å²) in [5, 5.41) is 12.6. The smallest absolute Gasteiger partial charge is 0.307 e. The number of hydrogen-bond acceptors (Lipinski definition) is 4. The predicted octanol–water partition coefficient (Wildman–Crippen LogP) is 0.0981. The molecule has 1 unspecified atom stereocenters. The van der Waals surface area contributed by atoms with E-state index in [1.807, 2.05) is 0 Å². The van der Waals surface area contributed by atoms with Crippen LogP contribution in [-0.4, -0.2) is 40.8 Å². The Kier molecular flexibility index (Phi) is 4.28. The molecule has 0 aliphatic carbocycles. The second-order valence-corrected chi connectivity index (χ2v) is 6.28. The highest BCUT2D eigenvalue weighted by Gasteiger charge is 2.21. The van der Waals surface area contributed by atoms with E-state index in [1.54, 1.807) is 24.0 Å². The van der Waals surface area contributed by atoms with E-state index in [0.29, 0.717) is 6.42 Å². The van der Waals surface area contributed by atoms with Gasteiger partial charge < -0.3 is 5.11 Å². The van der Waals surface area contributed by atoms with E-state index in [2.05, 4.69) is 5.10 Å². The molecule has 1 atom stereocenters. The van der Waals surface area contributed by atoms with Gasteiger partial charge in [-0.15, -0.1) is 0 Å². The fourth-order valence-corrected chi connectivity index (χ4v) is 3.03. The van der Waals surface area contributed by atoms with E-state index in [0.717, 1.165) is 5.69 Å². The fourth-order valence-electron chi connectivity index (χ4n) is 1.44. The van der Waals surface area contributed by atoms with Crippen molar-refractivity contribution >= 4 is 15.8 Å². The number of carboxylic acids is 1. The van der Waals surface area contributed by atoms with Crippen LogP contribution in [0.4, 0.5) is 0 Å². The highest BCUT2D eigenvalue weighted by molar-refractivity contribution is 7.91. The molecule has 0 bridgehead atoms. The SMILES string of the molecule is CC(CS(=O)(=O)CCc1ccnn1C)C(=O)O. The zero-order chi connectivity index (χ0) is 13.1. The molecule has 96 valence electrons. The number of nitrogens with zero attached hydrogens (tertiary/aromatic N) is 2. The maximum atomic E-state index is 11.7. The summed E-state index contributed by atoms with van der Waals surface area (Å²) >= 11 is 0. The molecule has 0 spiro atoms. The lowest BCUT2D eigenvalue weighted by atomic mass is 10.2. The van der Waals surface area contributed by atoms with Crippen molar-refractivity contribution in [1.82, 2.24) is 9.78 Å². The van der Waals surface area contributed by atoms with Crippen LogP contribution in [0.15, 0.2) is 12.3 Å². The van der Waals surface area contributed by atoms with Gasteiger partial charge in [0.2, 0.25) is 0 Å². The Morgan fingerprint density at radius 1 is 1.59 bits per heavy atom. The molecule has 1 aromatic rings. The van der Waals surface area contributed by atoms with Gasteiger partial charge >= 0.3 is 5.97 Å². The third-order valence-corrected chi connectivity index (χ3v) is 4.35. The summed E-state index contributed by atoms with van der Waals surface area (Å²) in [7, 11) is -1.60. The molecule has 7 heteroatoms. The third kappa shape index (κ3) is 4.18. The zero-order valence-electron chi connectivity index (χ0n) is 9.83. The molecule has 6 nitrogen and oxygen atoms in total. The predicted molar refractivity (Wildman–Crippen MR) is 62.4 cm³/mol. The molecule has 0 amide bonds. The van der Waals surface area contributed by atoms with Crippen molar-refractivity contribution in [3.8, 4) is 0 Å². The van der Waals surface area contributed by atoms with Gasteiger partial charge in [-0.2, -0.15) is 5.10 Å². The van der Waals surface area contributed by atoms with Crippen LogP contribution in [0.1, 0.15) is 12.6 Å². The monoisotopic (exact) mass is 260 g/mol. The number of aromatic nitrogens is 2. The van der Waals surface area contributed by atoms with Crippen molar-refractivity contribution in [3.05, 3.63) is 18.0 Å². The molecule has 0 aromatic carbocycles. The van der Waals surface area contributed by atoms with Gasteiger partial charge in [0.05, 0.1) is 17.4 Å². The van der Waals surface area contributed by atoms with E-state index in [9.17, 15) is 13.2 Å². The molecule has 1 aromatic heterocycles. The molecule has 1 heterocycles. The van der Waals surface area contributed by atoms with Crippen LogP contribution in [0.5, 0.6) is 0 Å². The molecule has 0 fully saturated rings. The van der Waals surface area contributed by atoms with Crippen LogP contribution in [-0.2, 0) is 28.1 Å². The maximum absolute atomic E-state index is 11.7. The maximum Gasteiger partial charge on any atom is 0.307 e. The molecule has 0 aliphatic rings. The van der Waals surface area contributed by atoms with Gasteiger partial charge in [0.15, 0.2) is 9.84 Å². The third-order valence-electron chi connectivity index (χ3n) is 2.52. The van der Waals surface area contributed by atoms with Gasteiger partial charge in [-0.25, -0.2) is 8.42 Å². The summed E-state index contributed by atoms with van der Waals surface area (Å²) in [6.45, 7) is 1.39. The summed E-state index contributed by atoms with van der Waals surface area (Å²) in [6, 6.07) is 1.75. The fraction of sp³-hybridized carbons (Fsp3) is 0.600. The first-order valence-corrected chi connectivity index (χ1v) is 7.04. The lowest BCUT2D eigenvalue weighted by molar-refractivity contribution is -0.140. The van der Waals surface area contributed by atoms with Gasteiger partial charge in [-0.3, -0.25) is 9.48 Å². The Labute approximate surface area is 100 Å². The lowest BCUT2D eigenvalue weighted by Gasteiger charge is -2.07. The van der Waals surface area contributed by atoms with Crippen molar-refractivity contribution in [2.45, 2.75) is 13.3 Å². The molecule has 0 aliphatic heterocycles. The van der Waals surface area contributed by atoms with Crippen molar-refractivity contribution < 1.29 is 18.3 Å². The lowest BCUT2D eigenvalue weighted by Crippen LogP contribution is -2.24. The number of sulfone groups is 1. The second-order valence-electron chi connectivity index (χ2n) is 4.05. The van der Waals surface area contributed by atoms with E-state index in [4.69, 9.17) is 5.11 Å². The van der Waals surface area contributed by atoms with E-state index >= 15 is 0 Å². The van der Waals surface area contributed by atoms with E-state index in [-0.39, 0.29) is 11.5 Å². The van der Waals surface area contributed by atoms with Gasteiger partial charge in [0, 0.05) is 25.4 Å². The van der Waals surface area contributed by atoms with Crippen molar-refractivity contribution in [2.75, 3.05) is 11.5 Å². The number of carbonyl (C=O) groups is 1. The van der Waals surface area contributed by atoms with Crippen LogP contribution in [0.25, 0.3) is 0 Å². The van der Waals surface area contributed by atoms with Gasteiger partial charge in [0.25, 0.3) is 0 Å². The molecule has 17 heavy (non-hydrogen) atoms. The highest BCUT2D eigenvalue weighted by Crippen LogP contribution is 2.06. The summed E-state index contributed by atoms with van der Waals surface area (Å²) in [5.41, 5.74) is 0.816. The molecule has 0 saturated carbocycles. The van der Waals surface area contributed by atoms with E-state index < -0.39 is 21.7 Å². The first-order valence-electron chi connectivity index (χ1n) is 5.22. The van der Waals surface area contributed by atoms with Crippen LogP contribution in [0, 0.1) is 5.92 Å². The van der Waals surface area contributed by atoms with Gasteiger partial charge in [-0.1, -0.05) is 6.92 Å². The van der Waals surface area contributed by atoms with Crippen molar-refractivity contribution in [1.29, 1.82) is 0 Å². The van der Waals surface area contributed by atoms with Crippen LogP contribution in [0.2, 0.25) is 0 Å². The van der Waals surface area contributed by atoms with Gasteiger partial charge in [-0.05, 0) is 6.07 Å². The standard InChI is InChI=1S/C10H16N2O4S/c1-8(10(13)14)7-17(15,16)6-4-9-3-5-11-12(9)2/h3,5,8H,4,6-7H2,1-2H3,(H,13,14). The quantitative estimate of drug-likeness (QED) is 0.783. The largest absolute Gasteiger partial charge is 0.481 e. The zero-order valence-corrected chi connectivity index (χ0v) is 10.6. The molecule has 0 saturated heterocycles. The number of carboxylic acid groups (broad SMARTS) is 1. The van der Waals surface area contributed by atoms with Crippen molar-refractivity contribution in [2.24, 2.45) is 13.0 Å². The number of aliphatic carboxylic acids is 1. The summed E-state index contributed by atoms with van der Waals surface area (Å²) < 4.78 is 24.9. The van der Waals surface area contributed by atoms with Crippen molar-refractivity contribution in [3.63, 3.8) is 0 Å². The minimum absolute atomic E-state index is 0.0514. The molecule has 1 rings (SSSR count). The second kappa shape index (κ2) is 5.31. The minimum atomic E-state index is -3.34. The van der Waals surface area contributed by atoms with Gasteiger partial charge in [0.1, 0.15) is 0 Å². The van der Waals surface area contributed by atoms with Crippen LogP contribution in [0.3, 0.4) is 0 Å². The molecule has 0 radical (unpaired) electrons. The summed E-state index contributed by atoms with van der Waals surface area (Å²) in [6.07, 6.45) is 1.95. The first kappa shape index (κ1) is 13.7.